The maximum absolute atomic E-state index is 12.4. The van der Waals surface area contributed by atoms with E-state index in [9.17, 15) is 4.79 Å². The zero-order valence-electron chi connectivity index (χ0n) is 18.9. The highest BCUT2D eigenvalue weighted by molar-refractivity contribution is 5.94. The number of aryl methyl sites for hydroxylation is 2. The lowest BCUT2D eigenvalue weighted by Gasteiger charge is -2.11. The van der Waals surface area contributed by atoms with Gasteiger partial charge in [0.15, 0.2) is 12.2 Å². The fourth-order valence-corrected chi connectivity index (χ4v) is 3.65. The van der Waals surface area contributed by atoms with Crippen LogP contribution in [0.1, 0.15) is 42.9 Å². The lowest BCUT2D eigenvalue weighted by molar-refractivity contribution is -0.118. The van der Waals surface area contributed by atoms with Crippen molar-refractivity contribution in [1.82, 2.24) is 4.98 Å². The molecule has 0 unspecified atom stereocenters. The van der Waals surface area contributed by atoms with Gasteiger partial charge in [0.1, 0.15) is 11.3 Å². The molecule has 0 saturated heterocycles. The van der Waals surface area contributed by atoms with Gasteiger partial charge in [-0.3, -0.25) is 4.79 Å². The van der Waals surface area contributed by atoms with Gasteiger partial charge in [0.25, 0.3) is 5.91 Å². The van der Waals surface area contributed by atoms with Crippen LogP contribution in [0.15, 0.2) is 65.1 Å². The van der Waals surface area contributed by atoms with Crippen LogP contribution in [0.2, 0.25) is 0 Å². The van der Waals surface area contributed by atoms with E-state index in [0.717, 1.165) is 17.5 Å². The Hall–Kier alpha value is -3.60. The molecule has 0 aliphatic carbocycles. The molecule has 0 aliphatic rings. The number of fused-ring (bicyclic) bond motifs is 1. The first-order valence-electron chi connectivity index (χ1n) is 10.9. The summed E-state index contributed by atoms with van der Waals surface area (Å²) in [4.78, 5) is 17.0. The summed E-state index contributed by atoms with van der Waals surface area (Å²) in [7, 11) is 0. The highest BCUT2D eigenvalue weighted by Gasteiger charge is 2.12. The summed E-state index contributed by atoms with van der Waals surface area (Å²) in [6.45, 7) is 8.40. The molecule has 1 N–H and O–H groups in total. The molecule has 0 fully saturated rings. The normalized spacial score (nSPS) is 12.0. The minimum absolute atomic E-state index is 0.0622. The van der Waals surface area contributed by atoms with E-state index < -0.39 is 0 Å². The number of carbonyl (C=O) groups is 1. The second-order valence-electron chi connectivity index (χ2n) is 8.24. The van der Waals surface area contributed by atoms with Crippen LogP contribution in [0.5, 0.6) is 5.75 Å². The van der Waals surface area contributed by atoms with E-state index in [0.29, 0.717) is 34.3 Å². The minimum atomic E-state index is -0.228. The van der Waals surface area contributed by atoms with E-state index >= 15 is 0 Å². The Kier molecular flexibility index (Phi) is 6.26. The Morgan fingerprint density at radius 1 is 1.06 bits per heavy atom. The molecule has 4 aromatic rings. The second-order valence-corrected chi connectivity index (χ2v) is 8.24. The molecule has 1 atom stereocenters. The standard InChI is InChI=1S/C27H28N2O3/c1-5-18(3)20-7-10-22(11-8-20)31-16-26(30)28-21-9-13-25-24(15-21)29-27(32-25)23-12-6-17(2)14-19(23)4/h6-15,18H,5,16H2,1-4H3,(H,28,30)/t18-/m0/s1. The number of ether oxygens (including phenoxy) is 1. The van der Waals surface area contributed by atoms with Gasteiger partial charge < -0.3 is 14.5 Å². The van der Waals surface area contributed by atoms with Crippen molar-refractivity contribution in [2.45, 2.75) is 40.0 Å². The molecular formula is C27H28N2O3. The lowest BCUT2D eigenvalue weighted by atomic mass is 9.99. The highest BCUT2D eigenvalue weighted by Crippen LogP contribution is 2.29. The van der Waals surface area contributed by atoms with E-state index in [1.807, 2.05) is 55.5 Å². The summed E-state index contributed by atoms with van der Waals surface area (Å²) >= 11 is 0. The average Bonchev–Trinajstić information content (AvgIpc) is 3.20. The van der Waals surface area contributed by atoms with Gasteiger partial charge in [0.2, 0.25) is 5.89 Å². The van der Waals surface area contributed by atoms with Crippen molar-refractivity contribution in [2.75, 3.05) is 11.9 Å². The number of amides is 1. The van der Waals surface area contributed by atoms with Gasteiger partial charge in [-0.05, 0) is 73.7 Å². The first kappa shape index (κ1) is 21.6. The number of aromatic nitrogens is 1. The van der Waals surface area contributed by atoms with E-state index in [4.69, 9.17) is 9.15 Å². The summed E-state index contributed by atoms with van der Waals surface area (Å²) in [6.07, 6.45) is 1.09. The topological polar surface area (TPSA) is 64.4 Å². The molecule has 0 aliphatic heterocycles. The number of anilines is 1. The van der Waals surface area contributed by atoms with Crippen LogP contribution in [0.25, 0.3) is 22.6 Å². The zero-order valence-corrected chi connectivity index (χ0v) is 18.9. The number of carbonyl (C=O) groups excluding carboxylic acids is 1. The number of hydrogen-bond donors (Lipinski definition) is 1. The van der Waals surface area contributed by atoms with Crippen LogP contribution in [0.4, 0.5) is 5.69 Å². The number of nitrogens with one attached hydrogen (secondary N) is 1. The van der Waals surface area contributed by atoms with Crippen molar-refractivity contribution < 1.29 is 13.9 Å². The lowest BCUT2D eigenvalue weighted by Crippen LogP contribution is -2.20. The summed E-state index contributed by atoms with van der Waals surface area (Å²) in [5.74, 6) is 1.53. The minimum Gasteiger partial charge on any atom is -0.484 e. The summed E-state index contributed by atoms with van der Waals surface area (Å²) in [5.41, 5.74) is 6.56. The molecule has 0 radical (unpaired) electrons. The first-order chi connectivity index (χ1) is 15.4. The molecule has 1 aromatic heterocycles. The molecule has 1 amide bonds. The number of oxazole rings is 1. The van der Waals surface area contributed by atoms with Crippen molar-refractivity contribution in [2.24, 2.45) is 0 Å². The van der Waals surface area contributed by atoms with E-state index in [2.05, 4.69) is 37.1 Å². The largest absolute Gasteiger partial charge is 0.484 e. The molecule has 4 rings (SSSR count). The Morgan fingerprint density at radius 3 is 2.56 bits per heavy atom. The molecule has 0 bridgehead atoms. The van der Waals surface area contributed by atoms with Crippen molar-refractivity contribution in [3.63, 3.8) is 0 Å². The number of hydrogen-bond acceptors (Lipinski definition) is 4. The van der Waals surface area contributed by atoms with Gasteiger partial charge in [0, 0.05) is 11.3 Å². The molecule has 0 spiro atoms. The molecule has 32 heavy (non-hydrogen) atoms. The van der Waals surface area contributed by atoms with Crippen molar-refractivity contribution in [3.05, 3.63) is 77.4 Å². The molecule has 5 nitrogen and oxygen atoms in total. The van der Waals surface area contributed by atoms with Gasteiger partial charge in [-0.25, -0.2) is 4.98 Å². The third-order valence-corrected chi connectivity index (χ3v) is 5.72. The fraction of sp³-hybridized carbons (Fsp3) is 0.259. The van der Waals surface area contributed by atoms with Gasteiger partial charge >= 0.3 is 0 Å². The summed E-state index contributed by atoms with van der Waals surface area (Å²) in [6, 6.07) is 19.5. The first-order valence-corrected chi connectivity index (χ1v) is 10.9. The monoisotopic (exact) mass is 428 g/mol. The maximum Gasteiger partial charge on any atom is 0.262 e. The van der Waals surface area contributed by atoms with Gasteiger partial charge in [-0.1, -0.05) is 43.7 Å². The van der Waals surface area contributed by atoms with Crippen LogP contribution < -0.4 is 10.1 Å². The highest BCUT2D eigenvalue weighted by atomic mass is 16.5. The zero-order chi connectivity index (χ0) is 22.7. The number of benzene rings is 3. The molecular weight excluding hydrogens is 400 g/mol. The van der Waals surface area contributed by atoms with E-state index in [1.165, 1.54) is 11.1 Å². The quantitative estimate of drug-likeness (QED) is 0.358. The fourth-order valence-electron chi connectivity index (χ4n) is 3.65. The third kappa shape index (κ3) is 4.83. The molecule has 5 heteroatoms. The SMILES string of the molecule is CC[C@H](C)c1ccc(OCC(=O)Nc2ccc3oc(-c4ccc(C)cc4C)nc3c2)cc1. The Balaban J connectivity index is 1.41. The Bertz CT molecular complexity index is 1240. The van der Waals surface area contributed by atoms with Crippen LogP contribution in [0, 0.1) is 13.8 Å². The molecule has 3 aromatic carbocycles. The van der Waals surface area contributed by atoms with Crippen molar-refractivity contribution in [3.8, 4) is 17.2 Å². The third-order valence-electron chi connectivity index (χ3n) is 5.72. The predicted molar refractivity (Wildman–Crippen MR) is 128 cm³/mol. The van der Waals surface area contributed by atoms with Crippen molar-refractivity contribution in [1.29, 1.82) is 0 Å². The van der Waals surface area contributed by atoms with Crippen molar-refractivity contribution >= 4 is 22.7 Å². The molecule has 0 saturated carbocycles. The number of rotatable bonds is 7. The van der Waals surface area contributed by atoms with Crippen LogP contribution in [-0.4, -0.2) is 17.5 Å². The smallest absolute Gasteiger partial charge is 0.262 e. The van der Waals surface area contributed by atoms with Gasteiger partial charge in [-0.15, -0.1) is 0 Å². The number of nitrogens with zero attached hydrogens (tertiary/aromatic N) is 1. The summed E-state index contributed by atoms with van der Waals surface area (Å²) in [5, 5.41) is 2.87. The van der Waals surface area contributed by atoms with E-state index in [1.54, 1.807) is 6.07 Å². The second kappa shape index (κ2) is 9.27. The maximum atomic E-state index is 12.4. The Morgan fingerprint density at radius 2 is 1.84 bits per heavy atom. The van der Waals surface area contributed by atoms with Gasteiger partial charge in [0.05, 0.1) is 0 Å². The van der Waals surface area contributed by atoms with Crippen LogP contribution in [-0.2, 0) is 4.79 Å². The predicted octanol–water partition coefficient (Wildman–Crippen LogP) is 6.64. The Labute approximate surface area is 188 Å². The average molecular weight is 429 g/mol. The van der Waals surface area contributed by atoms with Crippen LogP contribution >= 0.6 is 0 Å². The van der Waals surface area contributed by atoms with Gasteiger partial charge in [-0.2, -0.15) is 0 Å². The summed E-state index contributed by atoms with van der Waals surface area (Å²) < 4.78 is 11.6. The van der Waals surface area contributed by atoms with Crippen LogP contribution in [0.3, 0.4) is 0 Å². The molecule has 1 heterocycles. The molecule has 164 valence electrons. The van der Waals surface area contributed by atoms with E-state index in [-0.39, 0.29) is 12.5 Å².